The highest BCUT2D eigenvalue weighted by atomic mass is 35.5. The molecule has 0 aliphatic heterocycles. The summed E-state index contributed by atoms with van der Waals surface area (Å²) in [5.41, 5.74) is 0.261. The maximum atomic E-state index is 12.1. The number of rotatable bonds is 9. The molecule has 25 heavy (non-hydrogen) atoms. The van der Waals surface area contributed by atoms with Crippen LogP contribution < -0.4 is 9.62 Å². The average Bonchev–Trinajstić information content (AvgIpc) is 2.55. The summed E-state index contributed by atoms with van der Waals surface area (Å²) in [4.78, 5) is 23.4. The molecule has 1 aromatic carbocycles. The zero-order valence-corrected chi connectivity index (χ0v) is 15.8. The van der Waals surface area contributed by atoms with Crippen molar-refractivity contribution >= 4 is 39.2 Å². The molecule has 0 aliphatic rings. The van der Waals surface area contributed by atoms with Gasteiger partial charge in [0.25, 0.3) is 0 Å². The lowest BCUT2D eigenvalue weighted by molar-refractivity contribution is -0.121. The van der Waals surface area contributed by atoms with Crippen molar-refractivity contribution in [3.63, 3.8) is 0 Å². The van der Waals surface area contributed by atoms with Crippen molar-refractivity contribution in [2.45, 2.75) is 6.42 Å². The van der Waals surface area contributed by atoms with Gasteiger partial charge in [-0.25, -0.2) is 13.2 Å². The average molecular weight is 393 g/mol. The third-order valence-corrected chi connectivity index (χ3v) is 4.71. The van der Waals surface area contributed by atoms with E-state index in [1.54, 1.807) is 0 Å². The Morgan fingerprint density at radius 2 is 1.96 bits per heavy atom. The van der Waals surface area contributed by atoms with Crippen molar-refractivity contribution in [1.82, 2.24) is 5.32 Å². The van der Waals surface area contributed by atoms with Crippen LogP contribution >= 0.6 is 11.6 Å². The lowest BCUT2D eigenvalue weighted by Crippen LogP contribution is -2.35. The van der Waals surface area contributed by atoms with Gasteiger partial charge in [-0.05, 0) is 18.2 Å². The standard InChI is InChI=1S/C15H21ClN2O6S/c1-23-9-7-17-14(19)6-8-18(25(3,21)22)13-10-11(15(20)24-2)4-5-12(13)16/h4-5,10H,6-9H2,1-3H3,(H,17,19). The number of sulfonamides is 1. The number of esters is 1. The quantitative estimate of drug-likeness (QED) is 0.497. The van der Waals surface area contributed by atoms with Gasteiger partial charge in [-0.15, -0.1) is 0 Å². The minimum atomic E-state index is -3.72. The minimum Gasteiger partial charge on any atom is -0.465 e. The third kappa shape index (κ3) is 6.52. The third-order valence-electron chi connectivity index (χ3n) is 3.21. The Kier molecular flexibility index (Phi) is 8.14. The maximum absolute atomic E-state index is 12.1. The molecule has 0 bridgehead atoms. The summed E-state index contributed by atoms with van der Waals surface area (Å²) < 4.78 is 34.6. The van der Waals surface area contributed by atoms with E-state index in [9.17, 15) is 18.0 Å². The van der Waals surface area contributed by atoms with E-state index in [4.69, 9.17) is 16.3 Å². The molecule has 0 saturated carbocycles. The lowest BCUT2D eigenvalue weighted by Gasteiger charge is -2.23. The van der Waals surface area contributed by atoms with Crippen LogP contribution in [0.25, 0.3) is 0 Å². The van der Waals surface area contributed by atoms with Gasteiger partial charge in [0.05, 0.1) is 36.2 Å². The Bertz CT molecular complexity index is 723. The Morgan fingerprint density at radius 3 is 2.52 bits per heavy atom. The second-order valence-electron chi connectivity index (χ2n) is 5.09. The zero-order chi connectivity index (χ0) is 19.0. The topological polar surface area (TPSA) is 102 Å². The minimum absolute atomic E-state index is 0.0738. The first-order valence-corrected chi connectivity index (χ1v) is 9.54. The number of carbonyl (C=O) groups is 2. The van der Waals surface area contributed by atoms with Gasteiger partial charge in [0.15, 0.2) is 0 Å². The number of halogens is 1. The summed E-state index contributed by atoms with van der Waals surface area (Å²) in [6.45, 7) is 0.559. The molecule has 0 unspecified atom stereocenters. The van der Waals surface area contributed by atoms with Crippen LogP contribution in [0.5, 0.6) is 0 Å². The van der Waals surface area contributed by atoms with E-state index in [1.807, 2.05) is 0 Å². The second kappa shape index (κ2) is 9.59. The van der Waals surface area contributed by atoms with Gasteiger partial charge < -0.3 is 14.8 Å². The van der Waals surface area contributed by atoms with Crippen molar-refractivity contribution in [3.8, 4) is 0 Å². The number of amides is 1. The highest BCUT2D eigenvalue weighted by molar-refractivity contribution is 7.92. The summed E-state index contributed by atoms with van der Waals surface area (Å²) in [5.74, 6) is -0.949. The van der Waals surface area contributed by atoms with Crippen LogP contribution in [-0.2, 0) is 24.3 Å². The van der Waals surface area contributed by atoms with E-state index in [2.05, 4.69) is 10.1 Å². The molecule has 1 rings (SSSR count). The molecule has 1 aromatic rings. The number of benzene rings is 1. The van der Waals surface area contributed by atoms with E-state index >= 15 is 0 Å². The number of hydrogen-bond acceptors (Lipinski definition) is 6. The molecule has 0 radical (unpaired) electrons. The fourth-order valence-corrected chi connectivity index (χ4v) is 3.20. The molecule has 0 aromatic heterocycles. The van der Waals surface area contributed by atoms with Crippen LogP contribution in [0.15, 0.2) is 18.2 Å². The van der Waals surface area contributed by atoms with Crippen molar-refractivity contribution in [1.29, 1.82) is 0 Å². The van der Waals surface area contributed by atoms with Gasteiger partial charge in [0, 0.05) is 26.6 Å². The monoisotopic (exact) mass is 392 g/mol. The molecule has 1 N–H and O–H groups in total. The van der Waals surface area contributed by atoms with E-state index in [-0.39, 0.29) is 35.1 Å². The molecule has 0 aliphatic carbocycles. The van der Waals surface area contributed by atoms with Crippen molar-refractivity contribution in [2.75, 3.05) is 44.5 Å². The van der Waals surface area contributed by atoms with Crippen molar-refractivity contribution in [2.24, 2.45) is 0 Å². The van der Waals surface area contributed by atoms with Gasteiger partial charge in [0.2, 0.25) is 15.9 Å². The van der Waals surface area contributed by atoms with E-state index < -0.39 is 16.0 Å². The SMILES string of the molecule is COCCNC(=O)CCN(c1cc(C(=O)OC)ccc1Cl)S(C)(=O)=O. The van der Waals surface area contributed by atoms with Crippen LogP contribution in [0.2, 0.25) is 5.02 Å². The fraction of sp³-hybridized carbons (Fsp3) is 0.467. The van der Waals surface area contributed by atoms with Crippen molar-refractivity contribution in [3.05, 3.63) is 28.8 Å². The number of nitrogens with one attached hydrogen (secondary N) is 1. The van der Waals surface area contributed by atoms with Crippen molar-refractivity contribution < 1.29 is 27.5 Å². The van der Waals surface area contributed by atoms with Gasteiger partial charge in [-0.2, -0.15) is 0 Å². The van der Waals surface area contributed by atoms with Gasteiger partial charge >= 0.3 is 5.97 Å². The first kappa shape index (κ1) is 21.2. The predicted molar refractivity (Wildman–Crippen MR) is 94.5 cm³/mol. The fourth-order valence-electron chi connectivity index (χ4n) is 2.00. The molecule has 0 atom stereocenters. The van der Waals surface area contributed by atoms with Gasteiger partial charge in [-0.3, -0.25) is 9.10 Å². The van der Waals surface area contributed by atoms with Crippen LogP contribution in [0.3, 0.4) is 0 Å². The maximum Gasteiger partial charge on any atom is 0.337 e. The number of nitrogens with zero attached hydrogens (tertiary/aromatic N) is 1. The Hall–Kier alpha value is -1.84. The Morgan fingerprint density at radius 1 is 1.28 bits per heavy atom. The highest BCUT2D eigenvalue weighted by Gasteiger charge is 2.22. The molecule has 0 heterocycles. The summed E-state index contributed by atoms with van der Waals surface area (Å²) in [7, 11) is -0.993. The Labute approximate surface area is 152 Å². The number of methoxy groups -OCH3 is 2. The number of anilines is 1. The normalized spacial score (nSPS) is 11.0. The van der Waals surface area contributed by atoms with Gasteiger partial charge in [0.1, 0.15) is 0 Å². The first-order valence-electron chi connectivity index (χ1n) is 7.32. The summed E-state index contributed by atoms with van der Waals surface area (Å²) in [6, 6.07) is 4.15. The van der Waals surface area contributed by atoms with Crippen LogP contribution in [-0.4, -0.2) is 60.5 Å². The van der Waals surface area contributed by atoms with Crippen LogP contribution in [0, 0.1) is 0 Å². The molecular weight excluding hydrogens is 372 g/mol. The smallest absolute Gasteiger partial charge is 0.337 e. The van der Waals surface area contributed by atoms with E-state index in [0.717, 1.165) is 10.6 Å². The molecule has 0 saturated heterocycles. The lowest BCUT2D eigenvalue weighted by atomic mass is 10.2. The molecule has 0 fully saturated rings. The van der Waals surface area contributed by atoms with Crippen LogP contribution in [0.1, 0.15) is 16.8 Å². The second-order valence-corrected chi connectivity index (χ2v) is 7.40. The van der Waals surface area contributed by atoms with Crippen LogP contribution in [0.4, 0.5) is 5.69 Å². The molecule has 1 amide bonds. The predicted octanol–water partition coefficient (Wildman–Crippen LogP) is 1.05. The molecule has 0 spiro atoms. The Balaban J connectivity index is 3.01. The summed E-state index contributed by atoms with van der Waals surface area (Å²) >= 11 is 6.09. The number of hydrogen-bond donors (Lipinski definition) is 1. The first-order chi connectivity index (χ1) is 11.7. The largest absolute Gasteiger partial charge is 0.465 e. The number of carbonyl (C=O) groups excluding carboxylic acids is 2. The molecule has 140 valence electrons. The summed E-state index contributed by atoms with van der Waals surface area (Å²) in [5, 5.41) is 2.74. The van der Waals surface area contributed by atoms with E-state index in [0.29, 0.717) is 13.2 Å². The molecular formula is C15H21ClN2O6S. The molecule has 8 nitrogen and oxygen atoms in total. The summed E-state index contributed by atoms with van der Waals surface area (Å²) in [6.07, 6.45) is 0.923. The van der Waals surface area contributed by atoms with Gasteiger partial charge in [-0.1, -0.05) is 11.6 Å². The molecule has 10 heteroatoms. The van der Waals surface area contributed by atoms with E-state index in [1.165, 1.54) is 32.4 Å². The highest BCUT2D eigenvalue weighted by Crippen LogP contribution is 2.29. The zero-order valence-electron chi connectivity index (χ0n) is 14.2. The number of ether oxygens (including phenoxy) is 2.